The SMILES string of the molecule is COc1cc2cc3c(cc2cc1OCCCCCCCCN1CCN(c2ncccn2)CC1)C(=O)N1CCC[C@H]1C=N3. The van der Waals surface area contributed by atoms with E-state index in [4.69, 9.17) is 9.47 Å². The number of aliphatic imine (C=N–C) groups is 1. The summed E-state index contributed by atoms with van der Waals surface area (Å²) in [5, 5.41) is 1.97. The molecule has 1 amide bonds. The van der Waals surface area contributed by atoms with Crippen molar-refractivity contribution in [3.8, 4) is 11.5 Å². The Kier molecular flexibility index (Phi) is 9.13. The first-order chi connectivity index (χ1) is 20.7. The number of amides is 1. The number of aromatic nitrogens is 2. The minimum atomic E-state index is 0.0749. The average molecular weight is 571 g/mol. The number of methoxy groups -OCH3 is 1. The number of hydrogen-bond donors (Lipinski definition) is 0. The summed E-state index contributed by atoms with van der Waals surface area (Å²) in [6.07, 6.45) is 14.8. The van der Waals surface area contributed by atoms with Crippen molar-refractivity contribution in [2.45, 2.75) is 57.4 Å². The van der Waals surface area contributed by atoms with Crippen molar-refractivity contribution < 1.29 is 14.3 Å². The van der Waals surface area contributed by atoms with Crippen molar-refractivity contribution >= 4 is 34.5 Å². The van der Waals surface area contributed by atoms with Crippen LogP contribution < -0.4 is 14.4 Å². The molecule has 6 rings (SSSR count). The molecule has 9 nitrogen and oxygen atoms in total. The number of carbonyl (C=O) groups is 1. The van der Waals surface area contributed by atoms with E-state index >= 15 is 0 Å². The first kappa shape index (κ1) is 28.4. The Bertz CT molecular complexity index is 1390. The zero-order valence-electron chi connectivity index (χ0n) is 24.7. The van der Waals surface area contributed by atoms with Gasteiger partial charge in [0.1, 0.15) is 0 Å². The zero-order valence-corrected chi connectivity index (χ0v) is 24.7. The Balaban J connectivity index is 0.916. The molecule has 0 spiro atoms. The van der Waals surface area contributed by atoms with Gasteiger partial charge in [-0.25, -0.2) is 9.97 Å². The summed E-state index contributed by atoms with van der Waals surface area (Å²) in [6.45, 7) is 6.79. The molecule has 222 valence electrons. The molecule has 2 aromatic carbocycles. The minimum absolute atomic E-state index is 0.0749. The quantitative estimate of drug-likeness (QED) is 0.266. The Morgan fingerprint density at radius 3 is 2.40 bits per heavy atom. The first-order valence-electron chi connectivity index (χ1n) is 15.6. The highest BCUT2D eigenvalue weighted by atomic mass is 16.5. The van der Waals surface area contributed by atoms with Crippen LogP contribution in [-0.2, 0) is 0 Å². The lowest BCUT2D eigenvalue weighted by atomic mass is 10.0. The van der Waals surface area contributed by atoms with Crippen LogP contribution in [0.5, 0.6) is 11.5 Å². The number of carbonyl (C=O) groups excluding carboxylic acids is 1. The normalized spacial score (nSPS) is 18.7. The summed E-state index contributed by atoms with van der Waals surface area (Å²) < 4.78 is 11.8. The molecule has 0 radical (unpaired) electrons. The van der Waals surface area contributed by atoms with Gasteiger partial charge in [0.2, 0.25) is 5.95 Å². The number of hydrogen-bond acceptors (Lipinski definition) is 8. The number of rotatable bonds is 12. The lowest BCUT2D eigenvalue weighted by Crippen LogP contribution is -2.47. The third kappa shape index (κ3) is 6.51. The van der Waals surface area contributed by atoms with E-state index in [0.717, 1.165) is 86.6 Å². The van der Waals surface area contributed by atoms with E-state index in [-0.39, 0.29) is 11.9 Å². The van der Waals surface area contributed by atoms with Crippen LogP contribution in [0, 0.1) is 0 Å². The van der Waals surface area contributed by atoms with Gasteiger partial charge in [-0.1, -0.05) is 25.7 Å². The molecule has 3 aliphatic rings. The van der Waals surface area contributed by atoms with Gasteiger partial charge in [0.05, 0.1) is 31.0 Å². The fraction of sp³-hybridized carbons (Fsp3) is 0.515. The lowest BCUT2D eigenvalue weighted by Gasteiger charge is -2.34. The highest BCUT2D eigenvalue weighted by molar-refractivity contribution is 6.07. The molecule has 0 saturated carbocycles. The number of benzene rings is 2. The molecule has 0 aliphatic carbocycles. The van der Waals surface area contributed by atoms with Gasteiger partial charge < -0.3 is 19.3 Å². The van der Waals surface area contributed by atoms with Crippen LogP contribution in [0.4, 0.5) is 11.6 Å². The van der Waals surface area contributed by atoms with Crippen LogP contribution >= 0.6 is 0 Å². The van der Waals surface area contributed by atoms with Gasteiger partial charge in [-0.2, -0.15) is 0 Å². The van der Waals surface area contributed by atoms with Crippen LogP contribution in [-0.4, -0.2) is 90.9 Å². The standard InChI is InChI=1S/C33H42N6O3/c1-41-30-22-26-21-29-28(32(40)39-14-8-10-27(39)24-36-29)20-25(26)23-31(30)42-19-7-5-3-2-4-6-13-37-15-17-38(18-16-37)33-34-11-9-12-35-33/h9,11-12,20-24,27H,2-8,10,13-19H2,1H3/t27-/m0/s1. The summed E-state index contributed by atoms with van der Waals surface area (Å²) in [6, 6.07) is 9.93. The number of unbranched alkanes of at least 4 members (excludes halogenated alkanes) is 5. The fourth-order valence-corrected chi connectivity index (χ4v) is 6.32. The Hall–Kier alpha value is -3.72. The van der Waals surface area contributed by atoms with Crippen molar-refractivity contribution in [1.29, 1.82) is 0 Å². The minimum Gasteiger partial charge on any atom is -0.493 e. The average Bonchev–Trinajstić information content (AvgIpc) is 3.47. The molecule has 0 unspecified atom stereocenters. The molecular weight excluding hydrogens is 528 g/mol. The molecule has 1 atom stereocenters. The predicted molar refractivity (Wildman–Crippen MR) is 167 cm³/mol. The monoisotopic (exact) mass is 570 g/mol. The lowest BCUT2D eigenvalue weighted by molar-refractivity contribution is 0.0775. The van der Waals surface area contributed by atoms with E-state index in [9.17, 15) is 4.79 Å². The molecule has 9 heteroatoms. The van der Waals surface area contributed by atoms with Crippen molar-refractivity contribution in [2.24, 2.45) is 4.99 Å². The molecule has 2 saturated heterocycles. The van der Waals surface area contributed by atoms with Gasteiger partial charge in [-0.3, -0.25) is 14.7 Å². The molecule has 4 heterocycles. The van der Waals surface area contributed by atoms with Crippen molar-refractivity contribution in [2.75, 3.05) is 57.9 Å². The molecule has 3 aromatic rings. The fourth-order valence-electron chi connectivity index (χ4n) is 6.32. The van der Waals surface area contributed by atoms with Crippen LogP contribution in [0.3, 0.4) is 0 Å². The molecule has 42 heavy (non-hydrogen) atoms. The van der Waals surface area contributed by atoms with Crippen molar-refractivity contribution in [3.05, 3.63) is 48.3 Å². The predicted octanol–water partition coefficient (Wildman–Crippen LogP) is 5.50. The van der Waals surface area contributed by atoms with Gasteiger partial charge in [0.15, 0.2) is 11.5 Å². The number of nitrogens with zero attached hydrogens (tertiary/aromatic N) is 6. The van der Waals surface area contributed by atoms with E-state index in [1.165, 1.54) is 32.2 Å². The topological polar surface area (TPSA) is 83.4 Å². The Labute approximate surface area is 248 Å². The van der Waals surface area contributed by atoms with Crippen LogP contribution in [0.15, 0.2) is 47.7 Å². The van der Waals surface area contributed by atoms with E-state index in [1.54, 1.807) is 7.11 Å². The van der Waals surface area contributed by atoms with Gasteiger partial charge >= 0.3 is 0 Å². The van der Waals surface area contributed by atoms with Crippen LogP contribution in [0.1, 0.15) is 61.7 Å². The molecule has 0 bridgehead atoms. The highest BCUT2D eigenvalue weighted by Crippen LogP contribution is 2.37. The summed E-state index contributed by atoms with van der Waals surface area (Å²) in [4.78, 5) is 33.4. The summed E-state index contributed by atoms with van der Waals surface area (Å²) >= 11 is 0. The van der Waals surface area contributed by atoms with Gasteiger partial charge in [0.25, 0.3) is 5.91 Å². The molecule has 3 aliphatic heterocycles. The van der Waals surface area contributed by atoms with E-state index in [0.29, 0.717) is 17.9 Å². The third-order valence-corrected chi connectivity index (χ3v) is 8.75. The Morgan fingerprint density at radius 1 is 0.857 bits per heavy atom. The number of anilines is 1. The largest absolute Gasteiger partial charge is 0.493 e. The zero-order chi connectivity index (χ0) is 28.7. The van der Waals surface area contributed by atoms with Gasteiger partial charge in [0, 0.05) is 51.3 Å². The maximum atomic E-state index is 13.2. The van der Waals surface area contributed by atoms with E-state index in [2.05, 4.69) is 24.8 Å². The smallest absolute Gasteiger partial charge is 0.256 e. The summed E-state index contributed by atoms with van der Waals surface area (Å²) in [5.41, 5.74) is 1.40. The second-order valence-corrected chi connectivity index (χ2v) is 11.6. The van der Waals surface area contributed by atoms with Gasteiger partial charge in [-0.15, -0.1) is 0 Å². The maximum Gasteiger partial charge on any atom is 0.256 e. The van der Waals surface area contributed by atoms with Crippen molar-refractivity contribution in [1.82, 2.24) is 19.8 Å². The molecule has 1 aromatic heterocycles. The highest BCUT2D eigenvalue weighted by Gasteiger charge is 2.32. The molecule has 0 N–H and O–H groups in total. The first-order valence-corrected chi connectivity index (χ1v) is 15.6. The molecular formula is C33H42N6O3. The molecule has 2 fully saturated rings. The maximum absolute atomic E-state index is 13.2. The number of ether oxygens (including phenoxy) is 2. The van der Waals surface area contributed by atoms with Crippen LogP contribution in [0.25, 0.3) is 10.8 Å². The second kappa shape index (κ2) is 13.5. The number of fused-ring (bicyclic) bond motifs is 3. The van der Waals surface area contributed by atoms with E-state index in [1.807, 2.05) is 53.8 Å². The third-order valence-electron chi connectivity index (χ3n) is 8.75. The summed E-state index contributed by atoms with van der Waals surface area (Å²) in [7, 11) is 1.67. The second-order valence-electron chi connectivity index (χ2n) is 11.6. The Morgan fingerprint density at radius 2 is 1.60 bits per heavy atom. The van der Waals surface area contributed by atoms with Crippen LogP contribution in [0.2, 0.25) is 0 Å². The number of piperazine rings is 1. The van der Waals surface area contributed by atoms with Crippen molar-refractivity contribution in [3.63, 3.8) is 0 Å². The van der Waals surface area contributed by atoms with E-state index < -0.39 is 0 Å². The van der Waals surface area contributed by atoms with Gasteiger partial charge in [-0.05, 0) is 73.3 Å². The summed E-state index contributed by atoms with van der Waals surface area (Å²) in [5.74, 6) is 2.36.